The number of oxime groups is 1. The second-order valence-electron chi connectivity index (χ2n) is 2.14. The summed E-state index contributed by atoms with van der Waals surface area (Å²) in [6, 6.07) is 0. The molecule has 0 unspecified atom stereocenters. The van der Waals surface area contributed by atoms with E-state index in [2.05, 4.69) is 20.5 Å². The van der Waals surface area contributed by atoms with E-state index in [1.54, 1.807) is 6.92 Å². The van der Waals surface area contributed by atoms with Gasteiger partial charge in [0.25, 0.3) is 5.91 Å². The summed E-state index contributed by atoms with van der Waals surface area (Å²) in [5.41, 5.74) is 3.03. The molecule has 0 saturated heterocycles. The molecule has 0 aromatic carbocycles. The summed E-state index contributed by atoms with van der Waals surface area (Å²) >= 11 is 0. The second kappa shape index (κ2) is 3.14. The van der Waals surface area contributed by atoms with E-state index in [9.17, 15) is 4.79 Å². The highest BCUT2D eigenvalue weighted by atomic mass is 16.6. The lowest BCUT2D eigenvalue weighted by Gasteiger charge is -1.96. The van der Waals surface area contributed by atoms with Crippen LogP contribution < -0.4 is 5.43 Å². The van der Waals surface area contributed by atoms with Crippen molar-refractivity contribution in [2.75, 3.05) is 7.11 Å². The fraction of sp³-hybridized carbons (Fsp3) is 0.500. The van der Waals surface area contributed by atoms with E-state index >= 15 is 0 Å². The van der Waals surface area contributed by atoms with Crippen LogP contribution in [0, 0.1) is 5.92 Å². The number of rotatable bonds is 2. The Kier molecular flexibility index (Phi) is 2.20. The van der Waals surface area contributed by atoms with Gasteiger partial charge >= 0.3 is 0 Å². The van der Waals surface area contributed by atoms with Gasteiger partial charge in [-0.3, -0.25) is 4.79 Å². The standard InChI is InChI=1S/C6H9N3O2/c1-4-5(3-7-11-2)6(10)9-8-4/h3,5H,1-2H3,(H,9,10)/b7-3-/t5-/m0/s1. The molecule has 0 aromatic rings. The molecule has 1 heterocycles. The Morgan fingerprint density at radius 3 is 3.00 bits per heavy atom. The molecule has 0 aromatic heterocycles. The lowest BCUT2D eigenvalue weighted by Crippen LogP contribution is -2.23. The Morgan fingerprint density at radius 2 is 2.55 bits per heavy atom. The van der Waals surface area contributed by atoms with Gasteiger partial charge in [-0.1, -0.05) is 5.16 Å². The highest BCUT2D eigenvalue weighted by Gasteiger charge is 2.24. The van der Waals surface area contributed by atoms with Crippen LogP contribution in [-0.2, 0) is 9.63 Å². The van der Waals surface area contributed by atoms with Gasteiger partial charge in [-0.05, 0) is 6.92 Å². The first kappa shape index (κ1) is 7.71. The Hall–Kier alpha value is -1.39. The van der Waals surface area contributed by atoms with Crippen LogP contribution in [0.4, 0.5) is 0 Å². The van der Waals surface area contributed by atoms with Crippen LogP contribution in [0.2, 0.25) is 0 Å². The van der Waals surface area contributed by atoms with E-state index in [0.29, 0.717) is 5.71 Å². The average Bonchev–Trinajstić information content (AvgIpc) is 2.29. The van der Waals surface area contributed by atoms with Crippen LogP contribution in [0.3, 0.4) is 0 Å². The fourth-order valence-corrected chi connectivity index (χ4v) is 0.769. The van der Waals surface area contributed by atoms with Gasteiger partial charge in [0.2, 0.25) is 0 Å². The van der Waals surface area contributed by atoms with Crippen molar-refractivity contribution >= 4 is 17.8 Å². The Labute approximate surface area is 64.1 Å². The van der Waals surface area contributed by atoms with Crippen LogP contribution in [-0.4, -0.2) is 24.9 Å². The van der Waals surface area contributed by atoms with Gasteiger partial charge in [0.05, 0.1) is 11.9 Å². The molecule has 0 bridgehead atoms. The topological polar surface area (TPSA) is 63.0 Å². The minimum Gasteiger partial charge on any atom is -0.399 e. The molecule has 1 N–H and O–H groups in total. The van der Waals surface area contributed by atoms with Crippen LogP contribution in [0.15, 0.2) is 10.3 Å². The van der Waals surface area contributed by atoms with Crippen LogP contribution >= 0.6 is 0 Å². The van der Waals surface area contributed by atoms with Crippen molar-refractivity contribution in [3.63, 3.8) is 0 Å². The van der Waals surface area contributed by atoms with Crippen LogP contribution in [0.1, 0.15) is 6.92 Å². The molecular formula is C6H9N3O2. The second-order valence-corrected chi connectivity index (χ2v) is 2.14. The zero-order valence-corrected chi connectivity index (χ0v) is 6.37. The molecule has 5 nitrogen and oxygen atoms in total. The Morgan fingerprint density at radius 1 is 1.82 bits per heavy atom. The molecule has 1 amide bonds. The number of hydrazone groups is 1. The monoisotopic (exact) mass is 155 g/mol. The van der Waals surface area contributed by atoms with E-state index in [-0.39, 0.29) is 11.8 Å². The van der Waals surface area contributed by atoms with Crippen molar-refractivity contribution < 1.29 is 9.63 Å². The number of carbonyl (C=O) groups is 1. The first-order valence-corrected chi connectivity index (χ1v) is 3.16. The summed E-state index contributed by atoms with van der Waals surface area (Å²) in [7, 11) is 1.43. The van der Waals surface area contributed by atoms with Gasteiger partial charge in [-0.15, -0.1) is 0 Å². The first-order chi connectivity index (χ1) is 5.25. The third-order valence-electron chi connectivity index (χ3n) is 1.39. The maximum Gasteiger partial charge on any atom is 0.254 e. The molecule has 0 fully saturated rings. The minimum atomic E-state index is -0.366. The number of nitrogens with zero attached hydrogens (tertiary/aromatic N) is 2. The molecule has 0 saturated carbocycles. The zero-order valence-electron chi connectivity index (χ0n) is 6.37. The van der Waals surface area contributed by atoms with Crippen LogP contribution in [0.5, 0.6) is 0 Å². The first-order valence-electron chi connectivity index (χ1n) is 3.16. The van der Waals surface area contributed by atoms with Gasteiger partial charge in [0.1, 0.15) is 13.0 Å². The van der Waals surface area contributed by atoms with E-state index in [0.717, 1.165) is 0 Å². The summed E-state index contributed by atoms with van der Waals surface area (Å²) in [5, 5.41) is 7.21. The Balaban J connectivity index is 2.63. The molecule has 1 aliphatic heterocycles. The summed E-state index contributed by atoms with van der Waals surface area (Å²) in [5.74, 6) is -0.529. The number of hydrogen-bond acceptors (Lipinski definition) is 4. The summed E-state index contributed by atoms with van der Waals surface area (Å²) < 4.78 is 0. The van der Waals surface area contributed by atoms with Gasteiger partial charge in [0.15, 0.2) is 0 Å². The third-order valence-corrected chi connectivity index (χ3v) is 1.39. The predicted octanol–water partition coefficient (Wildman–Crippen LogP) is -0.260. The highest BCUT2D eigenvalue weighted by molar-refractivity contribution is 6.17. The van der Waals surface area contributed by atoms with Gasteiger partial charge in [-0.25, -0.2) is 5.43 Å². The summed E-state index contributed by atoms with van der Waals surface area (Å²) in [6.07, 6.45) is 1.42. The van der Waals surface area contributed by atoms with Crippen molar-refractivity contribution in [3.8, 4) is 0 Å². The molecule has 1 atom stereocenters. The zero-order chi connectivity index (χ0) is 8.27. The Bertz CT molecular complexity index is 222. The van der Waals surface area contributed by atoms with Crippen molar-refractivity contribution in [2.45, 2.75) is 6.92 Å². The summed E-state index contributed by atoms with van der Waals surface area (Å²) in [4.78, 5) is 15.4. The average molecular weight is 155 g/mol. The van der Waals surface area contributed by atoms with Gasteiger partial charge in [-0.2, -0.15) is 5.10 Å². The molecule has 1 aliphatic rings. The van der Waals surface area contributed by atoms with Crippen molar-refractivity contribution in [3.05, 3.63) is 0 Å². The molecule has 1 rings (SSSR count). The fourth-order valence-electron chi connectivity index (χ4n) is 0.769. The quantitative estimate of drug-likeness (QED) is 0.441. The number of carbonyl (C=O) groups excluding carboxylic acids is 1. The van der Waals surface area contributed by atoms with E-state index in [4.69, 9.17) is 0 Å². The lowest BCUT2D eigenvalue weighted by atomic mass is 10.1. The van der Waals surface area contributed by atoms with E-state index < -0.39 is 0 Å². The SMILES string of the molecule is CO/N=C\[C@@H]1C(=O)NN=C1C. The smallest absolute Gasteiger partial charge is 0.254 e. The minimum absolute atomic E-state index is 0.164. The summed E-state index contributed by atoms with van der Waals surface area (Å²) in [6.45, 7) is 1.75. The maximum atomic E-state index is 10.9. The molecule has 0 spiro atoms. The van der Waals surface area contributed by atoms with Crippen LogP contribution in [0.25, 0.3) is 0 Å². The molecule has 0 aliphatic carbocycles. The van der Waals surface area contributed by atoms with Crippen molar-refractivity contribution in [1.82, 2.24) is 5.43 Å². The highest BCUT2D eigenvalue weighted by Crippen LogP contribution is 2.03. The molecule has 11 heavy (non-hydrogen) atoms. The predicted molar refractivity (Wildman–Crippen MR) is 40.2 cm³/mol. The molecule has 5 heteroatoms. The van der Waals surface area contributed by atoms with Crippen molar-refractivity contribution in [1.29, 1.82) is 0 Å². The number of nitrogens with one attached hydrogen (secondary N) is 1. The lowest BCUT2D eigenvalue weighted by molar-refractivity contribution is -0.120. The van der Waals surface area contributed by atoms with E-state index in [1.807, 2.05) is 0 Å². The maximum absolute atomic E-state index is 10.9. The van der Waals surface area contributed by atoms with Gasteiger partial charge in [0, 0.05) is 0 Å². The largest absolute Gasteiger partial charge is 0.399 e. The van der Waals surface area contributed by atoms with Crippen molar-refractivity contribution in [2.24, 2.45) is 16.2 Å². The molecule has 60 valence electrons. The normalized spacial score (nSPS) is 23.6. The third kappa shape index (κ3) is 1.54. The van der Waals surface area contributed by atoms with E-state index in [1.165, 1.54) is 13.3 Å². The number of hydrogen-bond donors (Lipinski definition) is 1. The van der Waals surface area contributed by atoms with Gasteiger partial charge < -0.3 is 4.84 Å². The molecular weight excluding hydrogens is 146 g/mol. The number of amides is 1. The molecule has 0 radical (unpaired) electrons.